The zero-order valence-electron chi connectivity index (χ0n) is 15.7. The summed E-state index contributed by atoms with van der Waals surface area (Å²) in [5.74, 6) is 0.673. The second-order valence-electron chi connectivity index (χ2n) is 6.27. The van der Waals surface area contributed by atoms with Crippen molar-refractivity contribution in [2.24, 2.45) is 0 Å². The highest BCUT2D eigenvalue weighted by Gasteiger charge is 2.18. The van der Waals surface area contributed by atoms with E-state index in [9.17, 15) is 4.79 Å². The zero-order chi connectivity index (χ0) is 19.5. The van der Waals surface area contributed by atoms with Crippen LogP contribution in [-0.2, 0) is 4.74 Å². The normalized spacial score (nSPS) is 14.1. The van der Waals surface area contributed by atoms with E-state index < -0.39 is 0 Å². The summed E-state index contributed by atoms with van der Waals surface area (Å²) < 4.78 is 17.1. The maximum atomic E-state index is 12.8. The average Bonchev–Trinajstić information content (AvgIpc) is 3.17. The topological polar surface area (TPSA) is 72.9 Å². The van der Waals surface area contributed by atoms with E-state index in [0.29, 0.717) is 22.7 Å². The molecule has 1 aliphatic rings. The quantitative estimate of drug-likeness (QED) is 0.709. The number of hydrogen-bond donors (Lipinski definition) is 1. The van der Waals surface area contributed by atoms with E-state index in [1.807, 2.05) is 18.2 Å². The first-order valence-corrected chi connectivity index (χ1v) is 9.77. The maximum absolute atomic E-state index is 12.8. The van der Waals surface area contributed by atoms with Gasteiger partial charge in [0.25, 0.3) is 5.91 Å². The first-order valence-electron chi connectivity index (χ1n) is 8.95. The van der Waals surface area contributed by atoms with Crippen molar-refractivity contribution in [2.45, 2.75) is 0 Å². The lowest BCUT2D eigenvalue weighted by Crippen LogP contribution is -2.36. The molecule has 2 aromatic carbocycles. The molecule has 0 unspecified atom stereocenters. The number of morpholine rings is 1. The first kappa shape index (κ1) is 18.5. The minimum Gasteiger partial charge on any atom is -0.493 e. The second-order valence-corrected chi connectivity index (χ2v) is 7.28. The second kappa shape index (κ2) is 8.04. The predicted molar refractivity (Wildman–Crippen MR) is 110 cm³/mol. The van der Waals surface area contributed by atoms with Crippen molar-refractivity contribution in [1.82, 2.24) is 4.98 Å². The van der Waals surface area contributed by atoms with Crippen molar-refractivity contribution >= 4 is 38.3 Å². The number of nitrogens with zero attached hydrogens (tertiary/aromatic N) is 2. The highest BCUT2D eigenvalue weighted by molar-refractivity contribution is 7.22. The van der Waals surface area contributed by atoms with Gasteiger partial charge in [-0.2, -0.15) is 0 Å². The van der Waals surface area contributed by atoms with Gasteiger partial charge in [-0.1, -0.05) is 17.4 Å². The molecule has 3 aromatic rings. The van der Waals surface area contributed by atoms with Gasteiger partial charge in [-0.3, -0.25) is 4.79 Å². The molecule has 0 spiro atoms. The monoisotopic (exact) mass is 399 g/mol. The Morgan fingerprint density at radius 2 is 2.00 bits per heavy atom. The fourth-order valence-corrected chi connectivity index (χ4v) is 4.20. The van der Waals surface area contributed by atoms with E-state index in [0.717, 1.165) is 41.7 Å². The van der Waals surface area contributed by atoms with E-state index in [2.05, 4.69) is 10.2 Å². The molecule has 2 heterocycles. The third-order valence-corrected chi connectivity index (χ3v) is 5.64. The minimum atomic E-state index is -0.256. The molecule has 7 nitrogen and oxygen atoms in total. The molecule has 0 aliphatic carbocycles. The lowest BCUT2D eigenvalue weighted by atomic mass is 10.1. The summed E-state index contributed by atoms with van der Waals surface area (Å²) in [5.41, 5.74) is 2.04. The van der Waals surface area contributed by atoms with Gasteiger partial charge in [0.1, 0.15) is 0 Å². The van der Waals surface area contributed by atoms with Crippen LogP contribution in [0.4, 0.5) is 10.8 Å². The van der Waals surface area contributed by atoms with Gasteiger partial charge in [0.05, 0.1) is 43.2 Å². The number of benzene rings is 2. The van der Waals surface area contributed by atoms with Crippen LogP contribution < -0.4 is 19.7 Å². The number of methoxy groups -OCH3 is 2. The molecule has 0 radical (unpaired) electrons. The predicted octanol–water partition coefficient (Wildman–Crippen LogP) is 3.40. The fraction of sp³-hybridized carbons (Fsp3) is 0.300. The molecular weight excluding hydrogens is 378 g/mol. The van der Waals surface area contributed by atoms with Crippen LogP contribution in [0.25, 0.3) is 10.2 Å². The molecule has 28 heavy (non-hydrogen) atoms. The zero-order valence-corrected chi connectivity index (χ0v) is 16.5. The molecule has 1 fully saturated rings. The van der Waals surface area contributed by atoms with E-state index >= 15 is 0 Å². The smallest absolute Gasteiger partial charge is 0.259 e. The highest BCUT2D eigenvalue weighted by atomic mass is 32.1. The Bertz CT molecular complexity index is 998. The summed E-state index contributed by atoms with van der Waals surface area (Å²) in [5, 5.41) is 3.92. The van der Waals surface area contributed by atoms with E-state index in [1.54, 1.807) is 36.6 Å². The van der Waals surface area contributed by atoms with Crippen molar-refractivity contribution < 1.29 is 19.0 Å². The number of hydrogen-bond acceptors (Lipinski definition) is 7. The Hall–Kier alpha value is -2.84. The molecule has 8 heteroatoms. The molecule has 0 atom stereocenters. The number of para-hydroxylation sites is 1. The van der Waals surface area contributed by atoms with Crippen molar-refractivity contribution in [2.75, 3.05) is 50.7 Å². The standard InChI is InChI=1S/C20H21N3O4S/c1-25-16-5-3-4-14(18(16)26-2)19(24)21-13-6-7-15-17(12-13)28-20(22-15)23-8-10-27-11-9-23/h3-7,12H,8-11H2,1-2H3,(H,21,24). The largest absolute Gasteiger partial charge is 0.493 e. The number of nitrogens with one attached hydrogen (secondary N) is 1. The Morgan fingerprint density at radius 1 is 1.18 bits per heavy atom. The van der Waals surface area contributed by atoms with Crippen molar-refractivity contribution in [1.29, 1.82) is 0 Å². The first-order chi connectivity index (χ1) is 13.7. The number of aromatic nitrogens is 1. The molecule has 1 aromatic heterocycles. The molecule has 0 saturated carbocycles. The average molecular weight is 399 g/mol. The Labute approximate surface area is 166 Å². The molecular formula is C20H21N3O4S. The Kier molecular flexibility index (Phi) is 5.31. The number of anilines is 2. The molecule has 146 valence electrons. The Balaban J connectivity index is 1.57. The third-order valence-electron chi connectivity index (χ3n) is 4.56. The number of carbonyl (C=O) groups is 1. The molecule has 4 rings (SSSR count). The third kappa shape index (κ3) is 3.61. The maximum Gasteiger partial charge on any atom is 0.259 e. The summed E-state index contributed by atoms with van der Waals surface area (Å²) in [6, 6.07) is 11.0. The summed E-state index contributed by atoms with van der Waals surface area (Å²) in [4.78, 5) is 19.7. The van der Waals surface area contributed by atoms with E-state index in [1.165, 1.54) is 7.11 Å². The van der Waals surface area contributed by atoms with Crippen LogP contribution in [0.3, 0.4) is 0 Å². The van der Waals surface area contributed by atoms with Crippen LogP contribution in [0.5, 0.6) is 11.5 Å². The van der Waals surface area contributed by atoms with Crippen LogP contribution in [-0.4, -0.2) is 51.4 Å². The molecule has 1 saturated heterocycles. The van der Waals surface area contributed by atoms with Crippen molar-refractivity contribution in [3.05, 3.63) is 42.0 Å². The van der Waals surface area contributed by atoms with Crippen LogP contribution in [0.15, 0.2) is 36.4 Å². The van der Waals surface area contributed by atoms with Crippen molar-refractivity contribution in [3.8, 4) is 11.5 Å². The SMILES string of the molecule is COc1cccc(C(=O)Nc2ccc3nc(N4CCOCC4)sc3c2)c1OC. The van der Waals surface area contributed by atoms with Gasteiger partial charge < -0.3 is 24.4 Å². The summed E-state index contributed by atoms with van der Waals surface area (Å²) >= 11 is 1.62. The van der Waals surface area contributed by atoms with Gasteiger partial charge in [-0.15, -0.1) is 0 Å². The van der Waals surface area contributed by atoms with Gasteiger partial charge in [0.15, 0.2) is 16.6 Å². The van der Waals surface area contributed by atoms with Gasteiger partial charge in [-0.05, 0) is 30.3 Å². The number of ether oxygens (including phenoxy) is 3. The lowest BCUT2D eigenvalue weighted by molar-refractivity contribution is 0.102. The summed E-state index contributed by atoms with van der Waals surface area (Å²) in [6.45, 7) is 3.14. The molecule has 1 amide bonds. The molecule has 1 aliphatic heterocycles. The summed E-state index contributed by atoms with van der Waals surface area (Å²) in [7, 11) is 3.06. The van der Waals surface area contributed by atoms with Gasteiger partial charge in [0, 0.05) is 18.8 Å². The van der Waals surface area contributed by atoms with Crippen LogP contribution in [0.2, 0.25) is 0 Å². The van der Waals surface area contributed by atoms with Gasteiger partial charge >= 0.3 is 0 Å². The van der Waals surface area contributed by atoms with Gasteiger partial charge in [-0.25, -0.2) is 4.98 Å². The number of carbonyl (C=O) groups excluding carboxylic acids is 1. The van der Waals surface area contributed by atoms with Crippen LogP contribution >= 0.6 is 11.3 Å². The van der Waals surface area contributed by atoms with Gasteiger partial charge in [0.2, 0.25) is 0 Å². The fourth-order valence-electron chi connectivity index (χ4n) is 3.14. The number of amides is 1. The summed E-state index contributed by atoms with van der Waals surface area (Å²) in [6.07, 6.45) is 0. The lowest BCUT2D eigenvalue weighted by Gasteiger charge is -2.25. The van der Waals surface area contributed by atoms with Crippen LogP contribution in [0, 0.1) is 0 Å². The minimum absolute atomic E-state index is 0.256. The molecule has 1 N–H and O–H groups in total. The number of rotatable bonds is 5. The Morgan fingerprint density at radius 3 is 2.75 bits per heavy atom. The number of fused-ring (bicyclic) bond motifs is 1. The molecule has 0 bridgehead atoms. The van der Waals surface area contributed by atoms with Crippen LogP contribution in [0.1, 0.15) is 10.4 Å². The number of thiazole rings is 1. The van der Waals surface area contributed by atoms with Crippen molar-refractivity contribution in [3.63, 3.8) is 0 Å². The highest BCUT2D eigenvalue weighted by Crippen LogP contribution is 2.33. The van der Waals surface area contributed by atoms with E-state index in [4.69, 9.17) is 19.2 Å². The van der Waals surface area contributed by atoms with E-state index in [-0.39, 0.29) is 5.91 Å².